The van der Waals surface area contributed by atoms with E-state index < -0.39 is 16.1 Å². The molecule has 4 aromatic rings. The number of methoxy groups -OCH3 is 1. The molecule has 0 amide bonds. The smallest absolute Gasteiger partial charge is 0.330 e. The van der Waals surface area contributed by atoms with Gasteiger partial charge < -0.3 is 18.8 Å². The van der Waals surface area contributed by atoms with E-state index in [4.69, 9.17) is 18.4 Å². The molecule has 232 valence electrons. The third kappa shape index (κ3) is 8.79. The van der Waals surface area contributed by atoms with Crippen LogP contribution in [0.2, 0.25) is 0 Å². The summed E-state index contributed by atoms with van der Waals surface area (Å²) in [6.45, 7) is 6.26. The van der Waals surface area contributed by atoms with Crippen molar-refractivity contribution in [3.05, 3.63) is 100 Å². The number of esters is 1. The highest BCUT2D eigenvalue weighted by Crippen LogP contribution is 2.29. The number of rotatable bonds is 8. The van der Waals surface area contributed by atoms with E-state index >= 15 is 0 Å². The highest BCUT2D eigenvalue weighted by Gasteiger charge is 2.19. The fourth-order valence-corrected chi connectivity index (χ4v) is 4.91. The average Bonchev–Trinajstić information content (AvgIpc) is 3.01. The Balaban J connectivity index is 0.000000818. The van der Waals surface area contributed by atoms with Gasteiger partial charge in [0.25, 0.3) is 10.1 Å². The number of benzene rings is 3. The minimum atomic E-state index is -3.67. The quantitative estimate of drug-likeness (QED) is 0.169. The molecule has 0 saturated carbocycles. The molecular weight excluding hydrogens is 584 g/mol. The summed E-state index contributed by atoms with van der Waals surface area (Å²) in [6.07, 6.45) is 3.74. The van der Waals surface area contributed by atoms with Crippen LogP contribution >= 0.6 is 0 Å². The molecular formula is C33H36N2O8S. The lowest BCUT2D eigenvalue weighted by Crippen LogP contribution is -2.47. The molecule has 1 aromatic heterocycles. The maximum absolute atomic E-state index is 13.0. The van der Waals surface area contributed by atoms with Crippen molar-refractivity contribution in [2.45, 2.75) is 6.92 Å². The number of carbonyl (C=O) groups is 1. The van der Waals surface area contributed by atoms with E-state index in [0.29, 0.717) is 47.3 Å². The number of hydrogen-bond acceptors (Lipinski definition) is 9. The molecule has 1 aliphatic rings. The summed E-state index contributed by atoms with van der Waals surface area (Å²) < 4.78 is 43.0. The van der Waals surface area contributed by atoms with Gasteiger partial charge in [-0.3, -0.25) is 14.2 Å². The van der Waals surface area contributed by atoms with Gasteiger partial charge in [-0.1, -0.05) is 54.6 Å². The van der Waals surface area contributed by atoms with Crippen LogP contribution in [0, 0.1) is 6.92 Å². The van der Waals surface area contributed by atoms with Gasteiger partial charge in [0.05, 0.1) is 24.4 Å². The standard InChI is InChI=1S/C32H32N2O5.CH4O3S/c1-23-30(36)26-12-8-11-25(32(26)39-31(23)24-9-4-3-5-10-24)15-16-29(35)38-22-21-33-17-19-34(20-18-33)27-13-6-7-14-28(27)37-2;1-5(2,3)4/h3-16H,17-22H2,1-2H3;1H3,(H,2,3,4)/b16-15+;. The molecule has 10 nitrogen and oxygen atoms in total. The summed E-state index contributed by atoms with van der Waals surface area (Å²) in [4.78, 5) is 30.1. The van der Waals surface area contributed by atoms with Gasteiger partial charge in [0.1, 0.15) is 23.7 Å². The van der Waals surface area contributed by atoms with Crippen LogP contribution in [0.1, 0.15) is 11.1 Å². The number of anilines is 1. The Labute approximate surface area is 256 Å². The topological polar surface area (TPSA) is 127 Å². The summed E-state index contributed by atoms with van der Waals surface area (Å²) >= 11 is 0. The van der Waals surface area contributed by atoms with E-state index in [1.807, 2.05) is 54.6 Å². The number of fused-ring (bicyclic) bond motifs is 1. The van der Waals surface area contributed by atoms with E-state index in [1.165, 1.54) is 6.08 Å². The third-order valence-electron chi connectivity index (χ3n) is 7.06. The van der Waals surface area contributed by atoms with Gasteiger partial charge >= 0.3 is 5.97 Å². The zero-order valence-electron chi connectivity index (χ0n) is 24.9. The summed E-state index contributed by atoms with van der Waals surface area (Å²) in [5.41, 5.74) is 3.49. The van der Waals surface area contributed by atoms with E-state index in [0.717, 1.165) is 43.2 Å². The van der Waals surface area contributed by atoms with E-state index in [-0.39, 0.29) is 5.43 Å². The van der Waals surface area contributed by atoms with Crippen molar-refractivity contribution in [2.24, 2.45) is 0 Å². The molecule has 3 aromatic carbocycles. The van der Waals surface area contributed by atoms with E-state index in [9.17, 15) is 18.0 Å². The Morgan fingerprint density at radius 1 is 0.977 bits per heavy atom. The van der Waals surface area contributed by atoms with Crippen molar-refractivity contribution < 1.29 is 31.7 Å². The van der Waals surface area contributed by atoms with Gasteiger partial charge in [0.15, 0.2) is 5.43 Å². The van der Waals surface area contributed by atoms with Crippen molar-refractivity contribution in [2.75, 3.05) is 57.6 Å². The molecule has 1 saturated heterocycles. The Morgan fingerprint density at radius 3 is 2.32 bits per heavy atom. The summed E-state index contributed by atoms with van der Waals surface area (Å²) in [5.74, 6) is 0.975. The van der Waals surface area contributed by atoms with Gasteiger partial charge in [-0.2, -0.15) is 8.42 Å². The summed E-state index contributed by atoms with van der Waals surface area (Å²) in [5, 5.41) is 0.481. The van der Waals surface area contributed by atoms with Crippen LogP contribution in [-0.2, 0) is 19.6 Å². The molecule has 5 rings (SSSR count). The van der Waals surface area contributed by atoms with Crippen LogP contribution in [0.4, 0.5) is 5.69 Å². The van der Waals surface area contributed by atoms with Crippen molar-refractivity contribution in [1.29, 1.82) is 0 Å². The Hall–Kier alpha value is -4.45. The average molecular weight is 621 g/mol. The molecule has 1 aliphatic heterocycles. The van der Waals surface area contributed by atoms with Gasteiger partial charge in [0.2, 0.25) is 0 Å². The van der Waals surface area contributed by atoms with Crippen LogP contribution in [0.25, 0.3) is 28.4 Å². The second-order valence-corrected chi connectivity index (χ2v) is 11.7. The largest absolute Gasteiger partial charge is 0.495 e. The number of nitrogens with zero attached hydrogens (tertiary/aromatic N) is 2. The Kier molecular flexibility index (Phi) is 10.9. The second-order valence-electron chi connectivity index (χ2n) is 10.2. The lowest BCUT2D eigenvalue weighted by Gasteiger charge is -2.36. The number of piperazine rings is 1. The lowest BCUT2D eigenvalue weighted by molar-refractivity contribution is -0.138. The molecule has 2 heterocycles. The molecule has 0 radical (unpaired) electrons. The van der Waals surface area contributed by atoms with E-state index in [1.54, 1.807) is 32.2 Å². The van der Waals surface area contributed by atoms with Crippen LogP contribution in [-0.4, -0.2) is 76.5 Å². The molecule has 44 heavy (non-hydrogen) atoms. The van der Waals surface area contributed by atoms with Crippen LogP contribution in [0.3, 0.4) is 0 Å². The highest BCUT2D eigenvalue weighted by atomic mass is 32.2. The maximum Gasteiger partial charge on any atom is 0.330 e. The Bertz CT molecular complexity index is 1770. The first kappa shape index (κ1) is 32.5. The van der Waals surface area contributed by atoms with Gasteiger partial charge in [-0.25, -0.2) is 4.79 Å². The highest BCUT2D eigenvalue weighted by molar-refractivity contribution is 7.85. The molecule has 11 heteroatoms. The van der Waals surface area contributed by atoms with Crippen LogP contribution < -0.4 is 15.1 Å². The van der Waals surface area contributed by atoms with Crippen LogP contribution in [0.15, 0.2) is 88.1 Å². The molecule has 1 N–H and O–H groups in total. The Morgan fingerprint density at radius 2 is 1.64 bits per heavy atom. The SMILES string of the molecule is COc1ccccc1N1CCN(CCOC(=O)/C=C/c2cccc3c(=O)c(C)c(-c4ccccc4)oc23)CC1.CS(=O)(=O)O. The van der Waals surface area contributed by atoms with Gasteiger partial charge in [0, 0.05) is 55.5 Å². The summed E-state index contributed by atoms with van der Waals surface area (Å²) in [7, 11) is -1.98. The van der Waals surface area contributed by atoms with Gasteiger partial charge in [-0.15, -0.1) is 0 Å². The first-order valence-electron chi connectivity index (χ1n) is 14.0. The fourth-order valence-electron chi connectivity index (χ4n) is 4.91. The fraction of sp³-hybridized carbons (Fsp3) is 0.273. The maximum atomic E-state index is 13.0. The van der Waals surface area contributed by atoms with Gasteiger partial charge in [-0.05, 0) is 31.2 Å². The van der Waals surface area contributed by atoms with E-state index in [2.05, 4.69) is 15.9 Å². The zero-order chi connectivity index (χ0) is 31.7. The minimum absolute atomic E-state index is 0.0845. The molecule has 1 fully saturated rings. The predicted molar refractivity (Wildman–Crippen MR) is 172 cm³/mol. The molecule has 0 spiro atoms. The monoisotopic (exact) mass is 620 g/mol. The normalized spacial score (nSPS) is 13.9. The number of ether oxygens (including phenoxy) is 2. The zero-order valence-corrected chi connectivity index (χ0v) is 25.7. The third-order valence-corrected chi connectivity index (χ3v) is 7.06. The van der Waals surface area contributed by atoms with Crippen molar-refractivity contribution >= 4 is 38.8 Å². The molecule has 0 bridgehead atoms. The molecule has 0 unspecified atom stereocenters. The number of carbonyl (C=O) groups excluding carboxylic acids is 1. The first-order valence-corrected chi connectivity index (χ1v) is 15.9. The van der Waals surface area contributed by atoms with Crippen molar-refractivity contribution in [3.8, 4) is 17.1 Å². The second kappa shape index (κ2) is 14.8. The van der Waals surface area contributed by atoms with Crippen molar-refractivity contribution in [1.82, 2.24) is 4.90 Å². The minimum Gasteiger partial charge on any atom is -0.495 e. The number of hydrogen-bond donors (Lipinski definition) is 1. The summed E-state index contributed by atoms with van der Waals surface area (Å²) in [6, 6.07) is 22.9. The van der Waals surface area contributed by atoms with Crippen molar-refractivity contribution in [3.63, 3.8) is 0 Å². The lowest BCUT2D eigenvalue weighted by atomic mass is 10.0. The van der Waals surface area contributed by atoms with Crippen LogP contribution in [0.5, 0.6) is 5.75 Å². The predicted octanol–water partition coefficient (Wildman–Crippen LogP) is 4.66. The number of para-hydroxylation sites is 3. The first-order chi connectivity index (χ1) is 21.0. The molecule has 0 aliphatic carbocycles. The molecule has 0 atom stereocenters.